The molecule has 0 aromatic rings. The highest BCUT2D eigenvalue weighted by Crippen LogP contribution is 2.88. The van der Waals surface area contributed by atoms with Crippen molar-refractivity contribution in [2.45, 2.75) is 70.4 Å². The van der Waals surface area contributed by atoms with E-state index in [1.165, 1.54) is 0 Å². The van der Waals surface area contributed by atoms with Gasteiger partial charge in [-0.2, -0.15) is 0 Å². The molecule has 0 aromatic heterocycles. The lowest BCUT2D eigenvalue weighted by molar-refractivity contribution is 0.280. The van der Waals surface area contributed by atoms with Crippen LogP contribution in [0, 0.1) is 5.92 Å². The number of hydrogen-bond acceptors (Lipinski definition) is 2. The molecule has 0 aromatic carbocycles. The third-order valence-corrected chi connectivity index (χ3v) is 14.1. The normalized spacial score (nSPS) is 39.5. The Morgan fingerprint density at radius 2 is 1.67 bits per heavy atom. The topological polar surface area (TPSA) is 17.1 Å². The van der Waals surface area contributed by atoms with Crippen molar-refractivity contribution in [3.8, 4) is 0 Å². The van der Waals surface area contributed by atoms with Crippen LogP contribution in [-0.2, 0) is 4.57 Å². The van der Waals surface area contributed by atoms with E-state index in [0.717, 1.165) is 6.42 Å². The van der Waals surface area contributed by atoms with Gasteiger partial charge >= 0.3 is 0 Å². The number of rotatable bonds is 3. The molecule has 0 spiro atoms. The van der Waals surface area contributed by atoms with Crippen LogP contribution in [0.2, 0.25) is 0 Å². The van der Waals surface area contributed by atoms with Crippen molar-refractivity contribution in [1.29, 1.82) is 0 Å². The monoisotopic (exact) mass is 248 g/mol. The van der Waals surface area contributed by atoms with Crippen molar-refractivity contribution in [3.63, 3.8) is 0 Å². The van der Waals surface area contributed by atoms with Crippen molar-refractivity contribution in [2.24, 2.45) is 5.92 Å². The first-order valence-electron chi connectivity index (χ1n) is 5.90. The molecule has 3 heteroatoms. The molecule has 1 fully saturated rings. The molecule has 0 N–H and O–H groups in total. The summed E-state index contributed by atoms with van der Waals surface area (Å²) in [6.07, 6.45) is -1.00. The first kappa shape index (κ1) is 13.6. The van der Waals surface area contributed by atoms with Gasteiger partial charge in [0.2, 0.25) is 0 Å². The van der Waals surface area contributed by atoms with E-state index in [4.69, 9.17) is 0 Å². The summed E-state index contributed by atoms with van der Waals surface area (Å²) < 4.78 is 13.1. The predicted octanol–water partition coefficient (Wildman–Crippen LogP) is 5.00. The molecule has 1 rings (SSSR count). The van der Waals surface area contributed by atoms with Gasteiger partial charge in [-0.1, -0.05) is 59.8 Å². The predicted molar refractivity (Wildman–Crippen MR) is 72.3 cm³/mol. The molecule has 1 aliphatic heterocycles. The average Bonchev–Trinajstić information content (AvgIpc) is 2.15. The van der Waals surface area contributed by atoms with E-state index in [2.05, 4.69) is 48.5 Å². The fourth-order valence-corrected chi connectivity index (χ4v) is 11.3. The minimum atomic E-state index is -2.11. The van der Waals surface area contributed by atoms with Crippen molar-refractivity contribution in [2.75, 3.05) is 0 Å². The molecule has 1 atom stereocenters. The van der Waals surface area contributed by atoms with E-state index in [-0.39, 0.29) is 10.3 Å². The Kier molecular flexibility index (Phi) is 3.46. The zero-order valence-electron chi connectivity index (χ0n) is 11.1. The highest BCUT2D eigenvalue weighted by molar-refractivity contribution is 8.59. The van der Waals surface area contributed by atoms with Crippen LogP contribution in [0.4, 0.5) is 0 Å². The zero-order chi connectivity index (χ0) is 12.1. The van der Waals surface area contributed by atoms with Crippen molar-refractivity contribution in [3.05, 3.63) is 0 Å². The minimum absolute atomic E-state index is 0.0184. The fraction of sp³-hybridized carbons (Fsp3) is 1.00. The molecule has 0 bridgehead atoms. The van der Waals surface area contributed by atoms with Gasteiger partial charge in [0.05, 0.1) is 0 Å². The first-order valence-corrected chi connectivity index (χ1v) is 9.09. The standard InChI is InChI=1S/C12H25OPS/c1-8-9(2)15-14(13)11(4,5)10(3)12(14,6)7/h9-10H,8H2,1-7H3. The quantitative estimate of drug-likeness (QED) is 0.653. The van der Waals surface area contributed by atoms with Gasteiger partial charge in [-0.25, -0.2) is 0 Å². The van der Waals surface area contributed by atoms with E-state index >= 15 is 0 Å². The van der Waals surface area contributed by atoms with Crippen molar-refractivity contribution < 1.29 is 4.57 Å². The second kappa shape index (κ2) is 3.81. The molecule has 1 aliphatic rings. The second-order valence-electron chi connectivity index (χ2n) is 5.90. The Bertz CT molecular complexity index is 276. The Labute approximate surface area is 98.9 Å². The maximum Gasteiger partial charge on any atom is 0.150 e. The van der Waals surface area contributed by atoms with Gasteiger partial charge in [0.25, 0.3) is 0 Å². The molecular formula is C12H25OPS. The van der Waals surface area contributed by atoms with E-state index < -0.39 is 6.34 Å². The summed E-state index contributed by atoms with van der Waals surface area (Å²) in [5, 5.41) is 0.553. The summed E-state index contributed by atoms with van der Waals surface area (Å²) in [4.78, 5) is 0. The number of hydrogen-bond donors (Lipinski definition) is 0. The maximum atomic E-state index is 13.1. The molecule has 0 amide bonds. The highest BCUT2D eigenvalue weighted by Gasteiger charge is 2.68. The van der Waals surface area contributed by atoms with Crippen molar-refractivity contribution >= 4 is 17.7 Å². The van der Waals surface area contributed by atoms with E-state index in [1.54, 1.807) is 11.4 Å². The third-order valence-electron chi connectivity index (χ3n) is 4.54. The van der Waals surface area contributed by atoms with Gasteiger partial charge in [0, 0.05) is 15.6 Å². The van der Waals surface area contributed by atoms with Crippen LogP contribution in [0.15, 0.2) is 0 Å². The fourth-order valence-electron chi connectivity index (χ4n) is 2.65. The van der Waals surface area contributed by atoms with Crippen LogP contribution in [0.3, 0.4) is 0 Å². The Balaban J connectivity index is 2.97. The second-order valence-corrected chi connectivity index (χ2v) is 12.5. The molecule has 1 unspecified atom stereocenters. The largest absolute Gasteiger partial charge is 0.311 e. The lowest BCUT2D eigenvalue weighted by Gasteiger charge is -2.62. The molecule has 0 saturated carbocycles. The minimum Gasteiger partial charge on any atom is -0.311 e. The highest BCUT2D eigenvalue weighted by atomic mass is 32.7. The molecule has 0 radical (unpaired) electrons. The van der Waals surface area contributed by atoms with Crippen molar-refractivity contribution in [1.82, 2.24) is 0 Å². The Morgan fingerprint density at radius 3 is 2.00 bits per heavy atom. The summed E-state index contributed by atoms with van der Waals surface area (Å²) in [5.74, 6) is 0.549. The molecule has 1 heterocycles. The van der Waals surface area contributed by atoms with Gasteiger partial charge < -0.3 is 4.57 Å². The Morgan fingerprint density at radius 1 is 1.27 bits per heavy atom. The van der Waals surface area contributed by atoms with Gasteiger partial charge in [-0.3, -0.25) is 0 Å². The third kappa shape index (κ3) is 1.63. The van der Waals surface area contributed by atoms with Crippen LogP contribution in [0.25, 0.3) is 0 Å². The van der Waals surface area contributed by atoms with Crippen LogP contribution in [-0.4, -0.2) is 15.6 Å². The van der Waals surface area contributed by atoms with Crippen LogP contribution >= 0.6 is 17.7 Å². The van der Waals surface area contributed by atoms with Gasteiger partial charge in [-0.15, -0.1) is 0 Å². The summed E-state index contributed by atoms with van der Waals surface area (Å²) in [7, 11) is 0. The maximum absolute atomic E-state index is 13.1. The summed E-state index contributed by atoms with van der Waals surface area (Å²) >= 11 is 1.76. The summed E-state index contributed by atoms with van der Waals surface area (Å²) in [6, 6.07) is 0. The van der Waals surface area contributed by atoms with E-state index in [0.29, 0.717) is 11.2 Å². The summed E-state index contributed by atoms with van der Waals surface area (Å²) in [5.41, 5.74) is 0. The van der Waals surface area contributed by atoms with Gasteiger partial charge in [0.15, 0.2) is 6.34 Å². The zero-order valence-corrected chi connectivity index (χ0v) is 12.8. The average molecular weight is 248 g/mol. The van der Waals surface area contributed by atoms with Crippen LogP contribution in [0.1, 0.15) is 54.9 Å². The molecule has 15 heavy (non-hydrogen) atoms. The molecule has 1 saturated heterocycles. The molecule has 0 aliphatic carbocycles. The lowest BCUT2D eigenvalue weighted by atomic mass is 9.83. The smallest absolute Gasteiger partial charge is 0.150 e. The molecule has 1 nitrogen and oxygen atoms in total. The van der Waals surface area contributed by atoms with E-state index in [9.17, 15) is 4.57 Å². The van der Waals surface area contributed by atoms with Gasteiger partial charge in [-0.05, 0) is 12.3 Å². The van der Waals surface area contributed by atoms with Crippen LogP contribution < -0.4 is 0 Å². The Hall–Kier alpha value is 0.580. The van der Waals surface area contributed by atoms with E-state index in [1.807, 2.05) is 0 Å². The first-order chi connectivity index (χ1) is 6.61. The SMILES string of the molecule is CCC(C)SP1(=O)C(C)(C)C(C)C1(C)C. The van der Waals surface area contributed by atoms with Crippen LogP contribution in [0.5, 0.6) is 0 Å². The molecule has 90 valence electrons. The molecular weight excluding hydrogens is 223 g/mol. The van der Waals surface area contributed by atoms with Gasteiger partial charge in [0.1, 0.15) is 0 Å². The lowest BCUT2D eigenvalue weighted by Crippen LogP contribution is -2.56. The summed E-state index contributed by atoms with van der Waals surface area (Å²) in [6.45, 7) is 15.3.